The highest BCUT2D eigenvalue weighted by Crippen LogP contribution is 2.07. The molecule has 19 heavy (non-hydrogen) atoms. The van der Waals surface area contributed by atoms with E-state index in [9.17, 15) is 14.0 Å². The molecule has 0 aliphatic carbocycles. The van der Waals surface area contributed by atoms with Gasteiger partial charge in [0, 0.05) is 18.2 Å². The summed E-state index contributed by atoms with van der Waals surface area (Å²) in [5, 5.41) is 2.51. The van der Waals surface area contributed by atoms with Gasteiger partial charge in [-0.3, -0.25) is 9.59 Å². The van der Waals surface area contributed by atoms with Crippen molar-refractivity contribution in [3.8, 4) is 0 Å². The van der Waals surface area contributed by atoms with Crippen LogP contribution < -0.4 is 5.32 Å². The number of carbonyl (C=O) groups is 2. The van der Waals surface area contributed by atoms with Crippen LogP contribution in [0.1, 0.15) is 18.9 Å². The predicted molar refractivity (Wildman–Crippen MR) is 69.7 cm³/mol. The first-order chi connectivity index (χ1) is 9.13. The van der Waals surface area contributed by atoms with Gasteiger partial charge < -0.3 is 10.1 Å². The molecule has 0 radical (unpaired) electrons. The Morgan fingerprint density at radius 1 is 1.37 bits per heavy atom. The van der Waals surface area contributed by atoms with E-state index >= 15 is 0 Å². The van der Waals surface area contributed by atoms with E-state index in [1.54, 1.807) is 25.1 Å². The Balaban J connectivity index is 2.35. The third kappa shape index (κ3) is 5.81. The van der Waals surface area contributed by atoms with Crippen molar-refractivity contribution >= 4 is 18.0 Å². The quantitative estimate of drug-likeness (QED) is 0.631. The van der Waals surface area contributed by atoms with Gasteiger partial charge in [0.25, 0.3) is 0 Å². The molecule has 4 nitrogen and oxygen atoms in total. The first-order valence-corrected chi connectivity index (χ1v) is 5.99. The average Bonchev–Trinajstić information content (AvgIpc) is 2.38. The zero-order valence-corrected chi connectivity index (χ0v) is 10.7. The summed E-state index contributed by atoms with van der Waals surface area (Å²) in [5.41, 5.74) is 0.336. The monoisotopic (exact) mass is 265 g/mol. The molecule has 1 aromatic rings. The molecule has 0 atom stereocenters. The van der Waals surface area contributed by atoms with Crippen molar-refractivity contribution in [1.82, 2.24) is 5.32 Å². The van der Waals surface area contributed by atoms with Crippen LogP contribution in [0.4, 0.5) is 4.39 Å². The number of rotatable bonds is 6. The summed E-state index contributed by atoms with van der Waals surface area (Å²) in [7, 11) is 0. The molecule has 102 valence electrons. The summed E-state index contributed by atoms with van der Waals surface area (Å²) in [6.45, 7) is 2.23. The lowest BCUT2D eigenvalue weighted by molar-refractivity contribution is -0.142. The van der Waals surface area contributed by atoms with Gasteiger partial charge in [-0.25, -0.2) is 4.39 Å². The maximum Gasteiger partial charge on any atom is 0.307 e. The molecular weight excluding hydrogens is 249 g/mol. The molecule has 0 bridgehead atoms. The van der Waals surface area contributed by atoms with Gasteiger partial charge in [-0.05, 0) is 19.1 Å². The van der Waals surface area contributed by atoms with E-state index < -0.39 is 5.82 Å². The zero-order chi connectivity index (χ0) is 14.1. The van der Waals surface area contributed by atoms with Crippen molar-refractivity contribution in [1.29, 1.82) is 0 Å². The van der Waals surface area contributed by atoms with E-state index in [4.69, 9.17) is 4.74 Å². The van der Waals surface area contributed by atoms with Crippen LogP contribution in [0.3, 0.4) is 0 Å². The van der Waals surface area contributed by atoms with Crippen LogP contribution in [0.25, 0.3) is 6.08 Å². The molecule has 0 spiro atoms. The van der Waals surface area contributed by atoms with E-state index in [2.05, 4.69) is 5.32 Å². The van der Waals surface area contributed by atoms with Gasteiger partial charge in [0.05, 0.1) is 13.0 Å². The van der Waals surface area contributed by atoms with Crippen LogP contribution in [0.15, 0.2) is 30.3 Å². The van der Waals surface area contributed by atoms with Crippen LogP contribution >= 0.6 is 0 Å². The molecule has 0 aliphatic heterocycles. The lowest BCUT2D eigenvalue weighted by Crippen LogP contribution is -2.24. The number of halogens is 1. The zero-order valence-electron chi connectivity index (χ0n) is 10.7. The Hall–Kier alpha value is -2.17. The fraction of sp³-hybridized carbons (Fsp3) is 0.286. The van der Waals surface area contributed by atoms with Gasteiger partial charge in [0.2, 0.25) is 5.91 Å². The molecule has 1 rings (SSSR count). The molecule has 0 saturated carbocycles. The van der Waals surface area contributed by atoms with E-state index in [1.165, 1.54) is 18.2 Å². The number of hydrogen-bond acceptors (Lipinski definition) is 3. The number of carbonyl (C=O) groups excluding carboxylic acids is 2. The van der Waals surface area contributed by atoms with Crippen LogP contribution in [0, 0.1) is 5.82 Å². The third-order valence-electron chi connectivity index (χ3n) is 2.25. The Kier molecular flexibility index (Phi) is 6.29. The van der Waals surface area contributed by atoms with Crippen LogP contribution in [-0.2, 0) is 14.3 Å². The first-order valence-electron chi connectivity index (χ1n) is 5.99. The second kappa shape index (κ2) is 8.02. The molecule has 1 amide bonds. The number of esters is 1. The van der Waals surface area contributed by atoms with Gasteiger partial charge >= 0.3 is 5.97 Å². The van der Waals surface area contributed by atoms with Crippen LogP contribution in [0.2, 0.25) is 0 Å². The summed E-state index contributed by atoms with van der Waals surface area (Å²) in [6, 6.07) is 6.14. The van der Waals surface area contributed by atoms with E-state index in [0.29, 0.717) is 12.2 Å². The van der Waals surface area contributed by atoms with Crippen molar-refractivity contribution in [3.63, 3.8) is 0 Å². The van der Waals surface area contributed by atoms with Gasteiger partial charge in [-0.2, -0.15) is 0 Å². The van der Waals surface area contributed by atoms with E-state index in [1.807, 2.05) is 0 Å². The smallest absolute Gasteiger partial charge is 0.307 e. The summed E-state index contributed by atoms with van der Waals surface area (Å²) < 4.78 is 17.9. The minimum absolute atomic E-state index is 0.118. The fourth-order valence-electron chi connectivity index (χ4n) is 1.36. The minimum Gasteiger partial charge on any atom is -0.466 e. The van der Waals surface area contributed by atoms with E-state index in [0.717, 1.165) is 0 Å². The van der Waals surface area contributed by atoms with Gasteiger partial charge in [0.1, 0.15) is 5.82 Å². The second-order valence-electron chi connectivity index (χ2n) is 3.70. The molecule has 5 heteroatoms. The average molecular weight is 265 g/mol. The largest absolute Gasteiger partial charge is 0.466 e. The second-order valence-corrected chi connectivity index (χ2v) is 3.70. The number of benzene rings is 1. The number of amides is 1. The molecule has 0 unspecified atom stereocenters. The summed E-state index contributed by atoms with van der Waals surface area (Å²) in [5.74, 6) is -1.13. The summed E-state index contributed by atoms with van der Waals surface area (Å²) >= 11 is 0. The van der Waals surface area contributed by atoms with Crippen molar-refractivity contribution in [3.05, 3.63) is 41.7 Å². The topological polar surface area (TPSA) is 55.4 Å². The SMILES string of the molecule is CCOC(=O)CCNC(=O)C=Cc1ccccc1F. The normalized spacial score (nSPS) is 10.4. The maximum atomic E-state index is 13.2. The van der Waals surface area contributed by atoms with E-state index in [-0.39, 0.29) is 24.8 Å². The molecular formula is C14H16FNO3. The van der Waals surface area contributed by atoms with Gasteiger partial charge in [-0.15, -0.1) is 0 Å². The first kappa shape index (κ1) is 14.9. The molecule has 0 aliphatic rings. The number of ether oxygens (including phenoxy) is 1. The van der Waals surface area contributed by atoms with Crippen LogP contribution in [-0.4, -0.2) is 25.0 Å². The highest BCUT2D eigenvalue weighted by molar-refractivity contribution is 5.91. The standard InChI is InChI=1S/C14H16FNO3/c1-2-19-14(18)9-10-16-13(17)8-7-11-5-3-4-6-12(11)15/h3-8H,2,9-10H2,1H3,(H,16,17). The molecule has 0 heterocycles. The van der Waals surface area contributed by atoms with Crippen molar-refractivity contribution < 1.29 is 18.7 Å². The maximum absolute atomic E-state index is 13.2. The lowest BCUT2D eigenvalue weighted by Gasteiger charge is -2.02. The minimum atomic E-state index is -0.391. The number of nitrogens with one attached hydrogen (secondary N) is 1. The van der Waals surface area contributed by atoms with Crippen molar-refractivity contribution in [2.45, 2.75) is 13.3 Å². The summed E-state index contributed by atoms with van der Waals surface area (Å²) in [4.78, 5) is 22.4. The lowest BCUT2D eigenvalue weighted by atomic mass is 10.2. The highest BCUT2D eigenvalue weighted by Gasteiger charge is 2.02. The molecule has 1 aromatic carbocycles. The Morgan fingerprint density at radius 3 is 2.79 bits per heavy atom. The van der Waals surface area contributed by atoms with Crippen LogP contribution in [0.5, 0.6) is 0 Å². The third-order valence-corrected chi connectivity index (χ3v) is 2.25. The predicted octanol–water partition coefficient (Wildman–Crippen LogP) is 1.91. The number of hydrogen-bond donors (Lipinski definition) is 1. The summed E-state index contributed by atoms with van der Waals surface area (Å²) in [6.07, 6.45) is 2.73. The molecule has 1 N–H and O–H groups in total. The Morgan fingerprint density at radius 2 is 2.11 bits per heavy atom. The highest BCUT2D eigenvalue weighted by atomic mass is 19.1. The fourth-order valence-corrected chi connectivity index (χ4v) is 1.36. The molecule has 0 saturated heterocycles. The van der Waals surface area contributed by atoms with Gasteiger partial charge in [0.15, 0.2) is 0 Å². The molecule has 0 aromatic heterocycles. The van der Waals surface area contributed by atoms with Crippen molar-refractivity contribution in [2.24, 2.45) is 0 Å². The Labute approximate surface area is 111 Å². The molecule has 0 fully saturated rings. The Bertz CT molecular complexity index is 472. The van der Waals surface area contributed by atoms with Gasteiger partial charge in [-0.1, -0.05) is 18.2 Å². The van der Waals surface area contributed by atoms with Crippen molar-refractivity contribution in [2.75, 3.05) is 13.2 Å².